The van der Waals surface area contributed by atoms with Crippen molar-refractivity contribution >= 4 is 29.1 Å². The first kappa shape index (κ1) is 16.0. The number of rotatable bonds is 4. The van der Waals surface area contributed by atoms with Gasteiger partial charge in [0.15, 0.2) is 0 Å². The van der Waals surface area contributed by atoms with Crippen LogP contribution in [0, 0.1) is 0 Å². The van der Waals surface area contributed by atoms with Gasteiger partial charge in [0.05, 0.1) is 21.8 Å². The van der Waals surface area contributed by atoms with Gasteiger partial charge < -0.3 is 10.6 Å². The van der Waals surface area contributed by atoms with Gasteiger partial charge in [-0.3, -0.25) is 14.6 Å². The second-order valence-corrected chi connectivity index (χ2v) is 5.43. The predicted octanol–water partition coefficient (Wildman–Crippen LogP) is 3.13. The minimum atomic E-state index is -0.375. The lowest BCUT2D eigenvalue weighted by molar-refractivity contribution is 0.0942. The molecule has 1 aromatic carbocycles. The van der Waals surface area contributed by atoms with Gasteiger partial charge in [-0.2, -0.15) is 0 Å². The van der Waals surface area contributed by atoms with E-state index in [1.807, 2.05) is 13.8 Å². The Morgan fingerprint density at radius 2 is 1.73 bits per heavy atom. The van der Waals surface area contributed by atoms with Gasteiger partial charge in [0.25, 0.3) is 11.8 Å². The highest BCUT2D eigenvalue weighted by Crippen LogP contribution is 2.21. The van der Waals surface area contributed by atoms with Crippen LogP contribution in [0.15, 0.2) is 42.7 Å². The van der Waals surface area contributed by atoms with Gasteiger partial charge >= 0.3 is 0 Å². The van der Waals surface area contributed by atoms with Crippen LogP contribution >= 0.6 is 11.6 Å². The molecule has 0 unspecified atom stereocenters. The molecule has 2 N–H and O–H groups in total. The molecule has 2 amide bonds. The molecule has 2 aromatic rings. The Morgan fingerprint density at radius 3 is 2.36 bits per heavy atom. The third-order valence-corrected chi connectivity index (χ3v) is 3.13. The maximum absolute atomic E-state index is 12.2. The van der Waals surface area contributed by atoms with Crippen LogP contribution in [-0.4, -0.2) is 22.8 Å². The average Bonchev–Trinajstić information content (AvgIpc) is 2.49. The number of benzene rings is 1. The molecule has 0 aliphatic rings. The molecule has 0 aliphatic heterocycles. The molecule has 0 saturated heterocycles. The number of anilines is 1. The van der Waals surface area contributed by atoms with Crippen molar-refractivity contribution in [2.24, 2.45) is 0 Å². The van der Waals surface area contributed by atoms with Crippen LogP contribution in [0.2, 0.25) is 5.02 Å². The molecule has 6 heteroatoms. The Hall–Kier alpha value is -2.40. The predicted molar refractivity (Wildman–Crippen MR) is 86.2 cm³/mol. The van der Waals surface area contributed by atoms with Gasteiger partial charge in [-0.15, -0.1) is 0 Å². The molecule has 2 rings (SSSR count). The van der Waals surface area contributed by atoms with Crippen LogP contribution in [-0.2, 0) is 0 Å². The Morgan fingerprint density at radius 1 is 1.09 bits per heavy atom. The Labute approximate surface area is 133 Å². The zero-order chi connectivity index (χ0) is 16.1. The first-order valence-corrected chi connectivity index (χ1v) is 7.17. The zero-order valence-electron chi connectivity index (χ0n) is 12.3. The Bertz CT molecular complexity index is 701. The quantitative estimate of drug-likeness (QED) is 0.910. The summed E-state index contributed by atoms with van der Waals surface area (Å²) in [4.78, 5) is 28.1. The summed E-state index contributed by atoms with van der Waals surface area (Å²) in [7, 11) is 0. The standard InChI is InChI=1S/C16H16ClN3O2/c1-10(2)19-15(21)11-7-12(9-18-8-11)16(22)20-14-6-4-3-5-13(14)17/h3-10H,1-2H3,(H,19,21)(H,20,22). The summed E-state index contributed by atoms with van der Waals surface area (Å²) in [6, 6.07) is 8.43. The summed E-state index contributed by atoms with van der Waals surface area (Å²) in [6.07, 6.45) is 2.82. The molecule has 0 aliphatic carbocycles. The number of nitrogens with one attached hydrogen (secondary N) is 2. The molecule has 0 bridgehead atoms. The van der Waals surface area contributed by atoms with Gasteiger partial charge in [-0.05, 0) is 32.0 Å². The number of hydrogen-bond acceptors (Lipinski definition) is 3. The molecule has 114 valence electrons. The highest BCUT2D eigenvalue weighted by atomic mass is 35.5. The highest BCUT2D eigenvalue weighted by Gasteiger charge is 2.13. The van der Waals surface area contributed by atoms with Crippen LogP contribution in [0.4, 0.5) is 5.69 Å². The van der Waals surface area contributed by atoms with E-state index in [9.17, 15) is 9.59 Å². The molecule has 1 aromatic heterocycles. The highest BCUT2D eigenvalue weighted by molar-refractivity contribution is 6.33. The van der Waals surface area contributed by atoms with Crippen LogP contribution in [0.3, 0.4) is 0 Å². The molecule has 0 fully saturated rings. The summed E-state index contributed by atoms with van der Waals surface area (Å²) in [5, 5.41) is 5.89. The fraction of sp³-hybridized carbons (Fsp3) is 0.188. The zero-order valence-corrected chi connectivity index (χ0v) is 13.0. The lowest BCUT2D eigenvalue weighted by Gasteiger charge is -2.10. The number of halogens is 1. The number of hydrogen-bond donors (Lipinski definition) is 2. The maximum atomic E-state index is 12.2. The van der Waals surface area contributed by atoms with E-state index in [1.165, 1.54) is 18.5 Å². The van der Waals surface area contributed by atoms with E-state index in [0.29, 0.717) is 16.3 Å². The first-order chi connectivity index (χ1) is 10.5. The topological polar surface area (TPSA) is 71.1 Å². The van der Waals surface area contributed by atoms with Crippen molar-refractivity contribution in [3.8, 4) is 0 Å². The largest absolute Gasteiger partial charge is 0.350 e. The van der Waals surface area contributed by atoms with Crippen molar-refractivity contribution in [1.82, 2.24) is 10.3 Å². The fourth-order valence-electron chi connectivity index (χ4n) is 1.79. The van der Waals surface area contributed by atoms with Gasteiger partial charge in [0, 0.05) is 18.4 Å². The van der Waals surface area contributed by atoms with E-state index < -0.39 is 0 Å². The lowest BCUT2D eigenvalue weighted by Crippen LogP contribution is -2.30. The molecule has 0 spiro atoms. The number of nitrogens with zero attached hydrogens (tertiary/aromatic N) is 1. The summed E-state index contributed by atoms with van der Waals surface area (Å²) in [5.74, 6) is -0.644. The Balaban J connectivity index is 2.17. The van der Waals surface area contributed by atoms with E-state index in [-0.39, 0.29) is 23.4 Å². The monoisotopic (exact) mass is 317 g/mol. The number of amides is 2. The van der Waals surface area contributed by atoms with E-state index in [2.05, 4.69) is 15.6 Å². The lowest BCUT2D eigenvalue weighted by atomic mass is 10.1. The number of aromatic nitrogens is 1. The smallest absolute Gasteiger partial charge is 0.257 e. The molecule has 22 heavy (non-hydrogen) atoms. The number of pyridine rings is 1. The van der Waals surface area contributed by atoms with E-state index in [1.54, 1.807) is 24.3 Å². The number of carbonyl (C=O) groups excluding carboxylic acids is 2. The molecule has 0 atom stereocenters. The van der Waals surface area contributed by atoms with Gasteiger partial charge in [-0.25, -0.2) is 0 Å². The van der Waals surface area contributed by atoms with Gasteiger partial charge in [0.2, 0.25) is 0 Å². The van der Waals surface area contributed by atoms with Crippen molar-refractivity contribution in [3.05, 3.63) is 58.9 Å². The van der Waals surface area contributed by atoms with E-state index >= 15 is 0 Å². The molecule has 1 heterocycles. The van der Waals surface area contributed by atoms with Crippen LogP contribution in [0.1, 0.15) is 34.6 Å². The van der Waals surface area contributed by atoms with E-state index in [0.717, 1.165) is 0 Å². The van der Waals surface area contributed by atoms with E-state index in [4.69, 9.17) is 11.6 Å². The minimum absolute atomic E-state index is 0.00751. The number of carbonyl (C=O) groups is 2. The SMILES string of the molecule is CC(C)NC(=O)c1cncc(C(=O)Nc2ccccc2Cl)c1. The van der Waals surface area contributed by atoms with Crippen molar-refractivity contribution in [2.75, 3.05) is 5.32 Å². The Kier molecular flexibility index (Phi) is 5.12. The average molecular weight is 318 g/mol. The molecule has 0 saturated carbocycles. The maximum Gasteiger partial charge on any atom is 0.257 e. The third kappa shape index (κ3) is 4.05. The van der Waals surface area contributed by atoms with Gasteiger partial charge in [0.1, 0.15) is 0 Å². The fourth-order valence-corrected chi connectivity index (χ4v) is 1.97. The second-order valence-electron chi connectivity index (χ2n) is 5.02. The van der Waals surface area contributed by atoms with Crippen LogP contribution in [0.5, 0.6) is 0 Å². The first-order valence-electron chi connectivity index (χ1n) is 6.79. The molecule has 5 nitrogen and oxygen atoms in total. The normalized spacial score (nSPS) is 10.4. The van der Waals surface area contributed by atoms with Crippen molar-refractivity contribution in [2.45, 2.75) is 19.9 Å². The molecular weight excluding hydrogens is 302 g/mol. The minimum Gasteiger partial charge on any atom is -0.350 e. The van der Waals surface area contributed by atoms with Crippen LogP contribution in [0.25, 0.3) is 0 Å². The third-order valence-electron chi connectivity index (χ3n) is 2.80. The second kappa shape index (κ2) is 7.04. The van der Waals surface area contributed by atoms with Crippen LogP contribution < -0.4 is 10.6 Å². The van der Waals surface area contributed by atoms with Gasteiger partial charge in [-0.1, -0.05) is 23.7 Å². The van der Waals surface area contributed by atoms with Crippen molar-refractivity contribution < 1.29 is 9.59 Å². The molecule has 0 radical (unpaired) electrons. The molecular formula is C16H16ClN3O2. The number of para-hydroxylation sites is 1. The summed E-state index contributed by atoms with van der Waals surface area (Å²) in [6.45, 7) is 3.72. The van der Waals surface area contributed by atoms with Crippen molar-refractivity contribution in [1.29, 1.82) is 0 Å². The summed E-state index contributed by atoms with van der Waals surface area (Å²) in [5.41, 5.74) is 1.13. The summed E-state index contributed by atoms with van der Waals surface area (Å²) >= 11 is 6.00. The van der Waals surface area contributed by atoms with Crippen molar-refractivity contribution in [3.63, 3.8) is 0 Å². The summed E-state index contributed by atoms with van der Waals surface area (Å²) < 4.78 is 0.